The first-order valence-electron chi connectivity index (χ1n) is 17.4. The number of carbonyl (C=O) groups is 5. The van der Waals surface area contributed by atoms with Crippen LogP contribution in [0, 0.1) is 5.92 Å². The molecule has 13 heteroatoms. The van der Waals surface area contributed by atoms with Crippen molar-refractivity contribution in [3.63, 3.8) is 0 Å². The number of unbranched alkanes of at least 4 members (excludes halogenated alkanes) is 2. The number of carboxylic acids is 1. The first kappa shape index (κ1) is 41.7. The molecule has 5 atom stereocenters. The van der Waals surface area contributed by atoms with Gasteiger partial charge in [-0.15, -0.1) is 0 Å². The molecule has 0 aliphatic rings. The van der Waals surface area contributed by atoms with Crippen molar-refractivity contribution in [3.05, 3.63) is 65.7 Å². The average molecular weight is 697 g/mol. The third kappa shape index (κ3) is 14.2. The Morgan fingerprint density at radius 2 is 1.34 bits per heavy atom. The zero-order valence-electron chi connectivity index (χ0n) is 29.8. The lowest BCUT2D eigenvalue weighted by molar-refractivity contribution is -0.144. The molecule has 0 spiro atoms. The molecule has 0 saturated heterocycles. The van der Waals surface area contributed by atoms with Crippen LogP contribution in [0.1, 0.15) is 76.8 Å². The number of nitrogens with two attached hydrogens (primary N) is 2. The predicted octanol–water partition coefficient (Wildman–Crippen LogP) is 2.24. The quantitative estimate of drug-likeness (QED) is 0.0897. The van der Waals surface area contributed by atoms with Crippen molar-refractivity contribution < 1.29 is 34.2 Å². The van der Waals surface area contributed by atoms with Crippen LogP contribution in [-0.4, -0.2) is 88.5 Å². The number of benzene rings is 2. The number of aromatic hydroxyl groups is 1. The highest BCUT2D eigenvalue weighted by molar-refractivity contribution is 5.95. The van der Waals surface area contributed by atoms with Gasteiger partial charge in [-0.05, 0) is 74.2 Å². The van der Waals surface area contributed by atoms with Gasteiger partial charge < -0.3 is 42.5 Å². The van der Waals surface area contributed by atoms with E-state index in [0.29, 0.717) is 25.8 Å². The van der Waals surface area contributed by atoms with Crippen molar-refractivity contribution >= 4 is 29.6 Å². The third-order valence-electron chi connectivity index (χ3n) is 8.48. The number of hydrogen-bond acceptors (Lipinski definition) is 8. The van der Waals surface area contributed by atoms with E-state index < -0.39 is 59.8 Å². The van der Waals surface area contributed by atoms with Crippen LogP contribution < -0.4 is 27.4 Å². The molecule has 0 radical (unpaired) electrons. The van der Waals surface area contributed by atoms with E-state index in [9.17, 15) is 34.2 Å². The number of phenols is 1. The van der Waals surface area contributed by atoms with E-state index in [4.69, 9.17) is 11.5 Å². The molecular weight excluding hydrogens is 640 g/mol. The first-order valence-corrected chi connectivity index (χ1v) is 17.4. The van der Waals surface area contributed by atoms with Crippen molar-refractivity contribution in [1.82, 2.24) is 20.9 Å². The molecule has 2 aromatic carbocycles. The molecule has 0 fully saturated rings. The number of hydrogen-bond donors (Lipinski definition) is 7. The van der Waals surface area contributed by atoms with E-state index >= 15 is 0 Å². The highest BCUT2D eigenvalue weighted by atomic mass is 16.4. The van der Waals surface area contributed by atoms with E-state index in [2.05, 4.69) is 16.0 Å². The Morgan fingerprint density at radius 3 is 1.92 bits per heavy atom. The smallest absolute Gasteiger partial charge is 0.326 e. The molecule has 0 heterocycles. The fourth-order valence-electron chi connectivity index (χ4n) is 5.56. The second kappa shape index (κ2) is 21.6. The summed E-state index contributed by atoms with van der Waals surface area (Å²) >= 11 is 0. The van der Waals surface area contributed by atoms with Gasteiger partial charge in [-0.3, -0.25) is 19.2 Å². The van der Waals surface area contributed by atoms with Crippen LogP contribution in [0.5, 0.6) is 5.75 Å². The van der Waals surface area contributed by atoms with Gasteiger partial charge in [0, 0.05) is 13.5 Å². The van der Waals surface area contributed by atoms with Gasteiger partial charge in [0.15, 0.2) is 0 Å². The summed E-state index contributed by atoms with van der Waals surface area (Å²) in [4.78, 5) is 68.0. The molecule has 0 bridgehead atoms. The lowest BCUT2D eigenvalue weighted by atomic mass is 9.98. The van der Waals surface area contributed by atoms with Crippen molar-refractivity contribution in [2.75, 3.05) is 13.6 Å². The monoisotopic (exact) mass is 696 g/mol. The zero-order valence-corrected chi connectivity index (χ0v) is 29.8. The van der Waals surface area contributed by atoms with Crippen molar-refractivity contribution in [2.45, 2.75) is 109 Å². The minimum Gasteiger partial charge on any atom is -0.508 e. The molecule has 276 valence electrons. The second-order valence-corrected chi connectivity index (χ2v) is 13.2. The summed E-state index contributed by atoms with van der Waals surface area (Å²) in [6.07, 6.45) is 3.52. The van der Waals surface area contributed by atoms with Gasteiger partial charge in [-0.1, -0.05) is 76.1 Å². The molecule has 50 heavy (non-hydrogen) atoms. The Bertz CT molecular complexity index is 1370. The van der Waals surface area contributed by atoms with Gasteiger partial charge in [0.05, 0.1) is 6.04 Å². The van der Waals surface area contributed by atoms with Crippen LogP contribution in [0.15, 0.2) is 54.6 Å². The summed E-state index contributed by atoms with van der Waals surface area (Å²) < 4.78 is 0. The standard InChI is InChI=1S/C37H56N6O7/c1-5-6-14-29(34(46)41-30(37(49)50)15-10-11-20-38)40-35(47)32(21-24(2)3)43(4)36(48)31(23-25-12-8-7-9-13-25)42-33(45)28(39)22-26-16-18-27(44)19-17-26/h7-9,12-13,16-19,24,28-32,44H,5-6,10-11,14-15,20-23,38-39H2,1-4H3,(H,40,47)(H,41,46)(H,42,45)(H,49,50)/t28-,29-,30-,31-,32-/m0/s1. The van der Waals surface area contributed by atoms with Crippen LogP contribution in [0.25, 0.3) is 0 Å². The van der Waals surface area contributed by atoms with E-state index in [0.717, 1.165) is 17.5 Å². The minimum absolute atomic E-state index is 0.0243. The molecule has 0 unspecified atom stereocenters. The maximum atomic E-state index is 14.2. The Balaban J connectivity index is 2.31. The van der Waals surface area contributed by atoms with Gasteiger partial charge in [0.25, 0.3) is 0 Å². The van der Waals surface area contributed by atoms with E-state index in [1.165, 1.54) is 24.1 Å². The van der Waals surface area contributed by atoms with Crippen molar-refractivity contribution in [1.29, 1.82) is 0 Å². The molecule has 0 aromatic heterocycles. The highest BCUT2D eigenvalue weighted by Gasteiger charge is 2.35. The molecule has 13 nitrogen and oxygen atoms in total. The van der Waals surface area contributed by atoms with Gasteiger partial charge in [-0.2, -0.15) is 0 Å². The Kier molecular flexibility index (Phi) is 18.0. The van der Waals surface area contributed by atoms with Crippen molar-refractivity contribution in [2.24, 2.45) is 17.4 Å². The average Bonchev–Trinajstić information content (AvgIpc) is 3.08. The Hall–Kier alpha value is -4.49. The van der Waals surface area contributed by atoms with Crippen LogP contribution in [0.2, 0.25) is 0 Å². The van der Waals surface area contributed by atoms with Gasteiger partial charge in [0.1, 0.15) is 29.9 Å². The number of carboxylic acid groups (broad SMARTS) is 1. The number of rotatable bonds is 22. The molecule has 4 amide bonds. The van der Waals surface area contributed by atoms with E-state index in [1.54, 1.807) is 12.1 Å². The van der Waals surface area contributed by atoms with Gasteiger partial charge in [-0.25, -0.2) is 4.79 Å². The van der Waals surface area contributed by atoms with Crippen LogP contribution in [0.4, 0.5) is 0 Å². The second-order valence-electron chi connectivity index (χ2n) is 13.2. The molecule has 0 aliphatic heterocycles. The fraction of sp³-hybridized carbons (Fsp3) is 0.541. The highest BCUT2D eigenvalue weighted by Crippen LogP contribution is 2.16. The molecule has 0 aliphatic carbocycles. The van der Waals surface area contributed by atoms with Crippen molar-refractivity contribution in [3.8, 4) is 5.75 Å². The number of nitrogens with zero attached hydrogens (tertiary/aromatic N) is 1. The fourth-order valence-corrected chi connectivity index (χ4v) is 5.56. The maximum absolute atomic E-state index is 14.2. The molecular formula is C37H56N6O7. The van der Waals surface area contributed by atoms with Crippen LogP contribution in [-0.2, 0) is 36.8 Å². The number of phenolic OH excluding ortho intramolecular Hbond substituents is 1. The topological polar surface area (TPSA) is 217 Å². The van der Waals surface area contributed by atoms with E-state index in [-0.39, 0.29) is 43.8 Å². The van der Waals surface area contributed by atoms with Crippen LogP contribution >= 0.6 is 0 Å². The summed E-state index contributed by atoms with van der Waals surface area (Å²) in [5.41, 5.74) is 13.3. The van der Waals surface area contributed by atoms with E-state index in [1.807, 2.05) is 51.1 Å². The molecule has 0 saturated carbocycles. The normalized spacial score (nSPS) is 14.1. The van der Waals surface area contributed by atoms with Gasteiger partial charge in [0.2, 0.25) is 23.6 Å². The Labute approximate surface area is 295 Å². The summed E-state index contributed by atoms with van der Waals surface area (Å²) in [6, 6.07) is 10.3. The Morgan fingerprint density at radius 1 is 0.760 bits per heavy atom. The number of carbonyl (C=O) groups excluding carboxylic acids is 4. The van der Waals surface area contributed by atoms with Crippen LogP contribution in [0.3, 0.4) is 0 Å². The SMILES string of the molecule is CCCC[C@H](NC(=O)[C@H](CC(C)C)N(C)C(=O)[C@H](Cc1ccccc1)NC(=O)[C@@H](N)Cc1ccc(O)cc1)C(=O)N[C@@H](CCCCN)C(=O)O. The maximum Gasteiger partial charge on any atom is 0.326 e. The lowest BCUT2D eigenvalue weighted by Crippen LogP contribution is -2.59. The largest absolute Gasteiger partial charge is 0.508 e. The van der Waals surface area contributed by atoms with Gasteiger partial charge >= 0.3 is 5.97 Å². The number of nitrogens with one attached hydrogen (secondary N) is 3. The summed E-state index contributed by atoms with van der Waals surface area (Å²) in [5.74, 6) is -3.35. The first-order chi connectivity index (χ1) is 23.8. The summed E-state index contributed by atoms with van der Waals surface area (Å²) in [5, 5.41) is 27.5. The summed E-state index contributed by atoms with van der Waals surface area (Å²) in [7, 11) is 1.49. The molecule has 2 rings (SSSR count). The number of likely N-dealkylation sites (N-methyl/N-ethyl adjacent to an activating group) is 1. The molecule has 2 aromatic rings. The lowest BCUT2D eigenvalue weighted by Gasteiger charge is -2.33. The number of aliphatic carboxylic acids is 1. The number of amides is 4. The third-order valence-corrected chi connectivity index (χ3v) is 8.48. The zero-order chi connectivity index (χ0) is 37.2. The summed E-state index contributed by atoms with van der Waals surface area (Å²) in [6.45, 7) is 6.16. The predicted molar refractivity (Wildman–Crippen MR) is 192 cm³/mol. The minimum atomic E-state index is -1.17. The molecule has 9 N–H and O–H groups in total.